The predicted molar refractivity (Wildman–Crippen MR) is 120 cm³/mol. The highest BCUT2D eigenvalue weighted by Gasteiger charge is 2.26. The Bertz CT molecular complexity index is 926. The molecule has 0 amide bonds. The molecule has 1 unspecified atom stereocenters. The lowest BCUT2D eigenvalue weighted by Gasteiger charge is -2.29. The summed E-state index contributed by atoms with van der Waals surface area (Å²) in [6.45, 7) is 1.29. The molecular formula is C28H26O. The third-order valence-corrected chi connectivity index (χ3v) is 5.36. The fourth-order valence-electron chi connectivity index (χ4n) is 3.94. The first-order valence-electron chi connectivity index (χ1n) is 10.2. The van der Waals surface area contributed by atoms with Crippen LogP contribution in [0.4, 0.5) is 0 Å². The molecular weight excluding hydrogens is 352 g/mol. The summed E-state index contributed by atoms with van der Waals surface area (Å²) in [5.74, 6) is 0.459. The van der Waals surface area contributed by atoms with E-state index < -0.39 is 0 Å². The van der Waals surface area contributed by atoms with Gasteiger partial charge in [-0.05, 0) is 22.3 Å². The molecule has 4 aromatic carbocycles. The quantitative estimate of drug-likeness (QED) is 0.327. The van der Waals surface area contributed by atoms with Crippen molar-refractivity contribution in [1.82, 2.24) is 0 Å². The fraction of sp³-hybridized carbons (Fsp3) is 0.143. The monoisotopic (exact) mass is 378 g/mol. The second kappa shape index (κ2) is 9.86. The molecule has 0 aliphatic rings. The average molecular weight is 379 g/mol. The van der Waals surface area contributed by atoms with Crippen molar-refractivity contribution in [2.45, 2.75) is 18.4 Å². The normalized spacial score (nSPS) is 12.0. The van der Waals surface area contributed by atoms with Gasteiger partial charge in [0.05, 0.1) is 13.2 Å². The Morgan fingerprint density at radius 1 is 0.483 bits per heavy atom. The third kappa shape index (κ3) is 5.01. The second-order valence-electron chi connectivity index (χ2n) is 7.32. The Balaban J connectivity index is 1.67. The van der Waals surface area contributed by atoms with E-state index in [1.165, 1.54) is 22.3 Å². The van der Waals surface area contributed by atoms with Crippen molar-refractivity contribution in [3.8, 4) is 0 Å². The molecule has 1 nitrogen and oxygen atoms in total. The summed E-state index contributed by atoms with van der Waals surface area (Å²) in [4.78, 5) is 0. The van der Waals surface area contributed by atoms with Crippen LogP contribution in [0.1, 0.15) is 34.1 Å². The van der Waals surface area contributed by atoms with Crippen LogP contribution in [0.3, 0.4) is 0 Å². The lowest BCUT2D eigenvalue weighted by atomic mass is 9.77. The SMILES string of the molecule is c1ccc(COCC(c2ccccc2)C(c2ccccc2)c2ccccc2)cc1. The van der Waals surface area contributed by atoms with E-state index in [9.17, 15) is 0 Å². The van der Waals surface area contributed by atoms with Gasteiger partial charge in [-0.15, -0.1) is 0 Å². The molecule has 0 saturated heterocycles. The van der Waals surface area contributed by atoms with E-state index in [2.05, 4.69) is 115 Å². The van der Waals surface area contributed by atoms with Crippen LogP contribution in [0.2, 0.25) is 0 Å². The zero-order valence-corrected chi connectivity index (χ0v) is 16.5. The van der Waals surface area contributed by atoms with Crippen molar-refractivity contribution in [2.75, 3.05) is 6.61 Å². The molecule has 0 heterocycles. The molecule has 0 radical (unpaired) electrons. The van der Waals surface area contributed by atoms with Gasteiger partial charge in [0.1, 0.15) is 0 Å². The third-order valence-electron chi connectivity index (χ3n) is 5.36. The summed E-state index contributed by atoms with van der Waals surface area (Å²) in [5.41, 5.74) is 5.14. The van der Waals surface area contributed by atoms with Crippen molar-refractivity contribution in [3.63, 3.8) is 0 Å². The van der Waals surface area contributed by atoms with Crippen LogP contribution in [-0.4, -0.2) is 6.61 Å². The van der Waals surface area contributed by atoms with Crippen molar-refractivity contribution in [1.29, 1.82) is 0 Å². The molecule has 0 saturated carbocycles. The molecule has 0 spiro atoms. The van der Waals surface area contributed by atoms with Crippen LogP contribution in [0, 0.1) is 0 Å². The van der Waals surface area contributed by atoms with Gasteiger partial charge < -0.3 is 4.74 Å². The summed E-state index contributed by atoms with van der Waals surface area (Å²) >= 11 is 0. The molecule has 4 rings (SSSR count). The highest BCUT2D eigenvalue weighted by atomic mass is 16.5. The maximum atomic E-state index is 6.26. The Kier molecular flexibility index (Phi) is 6.52. The lowest BCUT2D eigenvalue weighted by molar-refractivity contribution is 0.103. The first kappa shape index (κ1) is 19.2. The maximum Gasteiger partial charge on any atom is 0.0717 e. The summed E-state index contributed by atoms with van der Waals surface area (Å²) in [6.07, 6.45) is 0. The van der Waals surface area contributed by atoms with Gasteiger partial charge in [-0.3, -0.25) is 0 Å². The van der Waals surface area contributed by atoms with Gasteiger partial charge in [0, 0.05) is 11.8 Å². The van der Waals surface area contributed by atoms with Crippen LogP contribution in [0.5, 0.6) is 0 Å². The van der Waals surface area contributed by atoms with Crippen molar-refractivity contribution >= 4 is 0 Å². The van der Waals surface area contributed by atoms with Gasteiger partial charge in [-0.25, -0.2) is 0 Å². The van der Waals surface area contributed by atoms with Crippen LogP contribution in [0.15, 0.2) is 121 Å². The first-order valence-corrected chi connectivity index (χ1v) is 10.2. The molecule has 29 heavy (non-hydrogen) atoms. The van der Waals surface area contributed by atoms with E-state index >= 15 is 0 Å². The number of hydrogen-bond acceptors (Lipinski definition) is 1. The zero-order chi connectivity index (χ0) is 19.7. The molecule has 1 atom stereocenters. The smallest absolute Gasteiger partial charge is 0.0717 e. The zero-order valence-electron chi connectivity index (χ0n) is 16.5. The van der Waals surface area contributed by atoms with Gasteiger partial charge in [0.25, 0.3) is 0 Å². The highest BCUT2D eigenvalue weighted by Crippen LogP contribution is 2.38. The highest BCUT2D eigenvalue weighted by molar-refractivity contribution is 5.38. The Hall–Kier alpha value is -3.16. The van der Waals surface area contributed by atoms with Crippen LogP contribution in [0.25, 0.3) is 0 Å². The number of rotatable bonds is 8. The van der Waals surface area contributed by atoms with E-state index in [4.69, 9.17) is 4.74 Å². The summed E-state index contributed by atoms with van der Waals surface area (Å²) in [5, 5.41) is 0. The fourth-order valence-corrected chi connectivity index (χ4v) is 3.94. The summed E-state index contributed by atoms with van der Waals surface area (Å²) < 4.78 is 6.26. The molecule has 0 bridgehead atoms. The minimum atomic E-state index is 0.227. The Labute approximate surface area is 173 Å². The summed E-state index contributed by atoms with van der Waals surface area (Å²) in [6, 6.07) is 42.7. The van der Waals surface area contributed by atoms with Gasteiger partial charge in [0.15, 0.2) is 0 Å². The lowest BCUT2D eigenvalue weighted by Crippen LogP contribution is -2.18. The van der Waals surface area contributed by atoms with Crippen LogP contribution >= 0.6 is 0 Å². The van der Waals surface area contributed by atoms with Crippen LogP contribution in [-0.2, 0) is 11.3 Å². The van der Waals surface area contributed by atoms with E-state index in [-0.39, 0.29) is 11.8 Å². The average Bonchev–Trinajstić information content (AvgIpc) is 2.81. The van der Waals surface area contributed by atoms with E-state index in [1.807, 2.05) is 6.07 Å². The van der Waals surface area contributed by atoms with Gasteiger partial charge in [0.2, 0.25) is 0 Å². The van der Waals surface area contributed by atoms with E-state index in [0.717, 1.165) is 0 Å². The molecule has 0 fully saturated rings. The molecule has 144 valence electrons. The molecule has 4 aromatic rings. The predicted octanol–water partition coefficient (Wildman–Crippen LogP) is 6.82. The number of ether oxygens (including phenoxy) is 1. The molecule has 0 aromatic heterocycles. The van der Waals surface area contributed by atoms with Gasteiger partial charge >= 0.3 is 0 Å². The summed E-state index contributed by atoms with van der Waals surface area (Å²) in [7, 11) is 0. The first-order chi connectivity index (χ1) is 14.4. The minimum Gasteiger partial charge on any atom is -0.376 e. The Morgan fingerprint density at radius 3 is 1.38 bits per heavy atom. The largest absolute Gasteiger partial charge is 0.376 e. The van der Waals surface area contributed by atoms with Gasteiger partial charge in [-0.1, -0.05) is 121 Å². The van der Waals surface area contributed by atoms with Crippen LogP contribution < -0.4 is 0 Å². The van der Waals surface area contributed by atoms with E-state index in [1.54, 1.807) is 0 Å². The maximum absolute atomic E-state index is 6.26. The second-order valence-corrected chi connectivity index (χ2v) is 7.32. The topological polar surface area (TPSA) is 9.23 Å². The molecule has 0 aliphatic carbocycles. The number of hydrogen-bond donors (Lipinski definition) is 0. The van der Waals surface area contributed by atoms with E-state index in [0.29, 0.717) is 13.2 Å². The van der Waals surface area contributed by atoms with Crippen molar-refractivity contribution < 1.29 is 4.74 Å². The molecule has 1 heteroatoms. The molecule has 0 aliphatic heterocycles. The Morgan fingerprint density at radius 2 is 0.897 bits per heavy atom. The standard InChI is InChI=1S/C28H26O/c1-5-13-23(14-6-1)21-29-22-27(24-15-7-2-8-16-24)28(25-17-9-3-10-18-25)26-19-11-4-12-20-26/h1-20,27-28H,21-22H2. The van der Waals surface area contributed by atoms with Crippen molar-refractivity contribution in [3.05, 3.63) is 144 Å². The minimum absolute atomic E-state index is 0.227. The van der Waals surface area contributed by atoms with Crippen molar-refractivity contribution in [2.24, 2.45) is 0 Å². The number of benzene rings is 4. The molecule has 0 N–H and O–H groups in total. The van der Waals surface area contributed by atoms with Gasteiger partial charge in [-0.2, -0.15) is 0 Å².